The monoisotopic (exact) mass is 135 g/mol. The fourth-order valence-corrected chi connectivity index (χ4v) is 0. The van der Waals surface area contributed by atoms with Crippen LogP contribution in [0.3, 0.4) is 0 Å². The molecule has 0 heterocycles. The molecule has 0 saturated heterocycles. The number of carbonyl (C=O) groups is 1. The van der Waals surface area contributed by atoms with Crippen LogP contribution < -0.4 is 5.73 Å². The van der Waals surface area contributed by atoms with E-state index in [2.05, 4.69) is 18.9 Å². The molecule has 52 valence electrons. The Balaban J connectivity index is 0. The molecular formula is C5H7F2NO. The van der Waals surface area contributed by atoms with E-state index in [1.54, 1.807) is 0 Å². The van der Waals surface area contributed by atoms with E-state index in [1.165, 1.54) is 0 Å². The van der Waals surface area contributed by atoms with Crippen LogP contribution in [0.1, 0.15) is 0 Å². The number of carbonyl (C=O) groups excluding carboxylic acids is 1. The quantitative estimate of drug-likeness (QED) is 0.536. The van der Waals surface area contributed by atoms with Crippen molar-refractivity contribution in [3.05, 3.63) is 25.3 Å². The van der Waals surface area contributed by atoms with E-state index in [0.29, 0.717) is 0 Å². The lowest BCUT2D eigenvalue weighted by Gasteiger charge is -1.65. The maximum absolute atomic E-state index is 10.1. The molecule has 0 aromatic rings. The predicted octanol–water partition coefficient (Wildman–Crippen LogP) is 1.05. The maximum Gasteiger partial charge on any atom is 0.263 e. The van der Waals surface area contributed by atoms with E-state index in [1.807, 2.05) is 0 Å². The van der Waals surface area contributed by atoms with Crippen molar-refractivity contribution in [2.45, 2.75) is 0 Å². The third kappa shape index (κ3) is 240. The SMILES string of the molecule is C=C(F)F.C=CC(N)=O. The van der Waals surface area contributed by atoms with Gasteiger partial charge < -0.3 is 5.73 Å². The molecule has 2 nitrogen and oxygen atoms in total. The van der Waals surface area contributed by atoms with Crippen molar-refractivity contribution in [2.75, 3.05) is 0 Å². The minimum atomic E-state index is -1.83. The Morgan fingerprint density at radius 2 is 1.67 bits per heavy atom. The van der Waals surface area contributed by atoms with Crippen molar-refractivity contribution in [1.82, 2.24) is 0 Å². The van der Waals surface area contributed by atoms with E-state index >= 15 is 0 Å². The second kappa shape index (κ2) is 6.81. The summed E-state index contributed by atoms with van der Waals surface area (Å²) in [6, 6.07) is 0. The van der Waals surface area contributed by atoms with Gasteiger partial charge >= 0.3 is 0 Å². The summed E-state index contributed by atoms with van der Waals surface area (Å²) in [6.45, 7) is 5.31. The molecule has 0 atom stereocenters. The molecule has 0 saturated carbocycles. The van der Waals surface area contributed by atoms with Gasteiger partial charge in [-0.3, -0.25) is 4.79 Å². The number of rotatable bonds is 1. The molecule has 0 aliphatic carbocycles. The fraction of sp³-hybridized carbons (Fsp3) is 0. The molecule has 0 aliphatic rings. The highest BCUT2D eigenvalue weighted by atomic mass is 19.3. The Morgan fingerprint density at radius 1 is 1.56 bits per heavy atom. The van der Waals surface area contributed by atoms with Crippen LogP contribution in [-0.2, 0) is 4.79 Å². The zero-order valence-corrected chi connectivity index (χ0v) is 4.73. The third-order valence-corrected chi connectivity index (χ3v) is 0.201. The first-order valence-corrected chi connectivity index (χ1v) is 1.92. The number of nitrogens with two attached hydrogens (primary N) is 1. The fourth-order valence-electron chi connectivity index (χ4n) is 0. The smallest absolute Gasteiger partial charge is 0.263 e. The summed E-state index contributed by atoms with van der Waals surface area (Å²) in [7, 11) is 0. The Morgan fingerprint density at radius 3 is 1.67 bits per heavy atom. The zero-order valence-electron chi connectivity index (χ0n) is 4.73. The van der Waals surface area contributed by atoms with Gasteiger partial charge in [-0.05, 0) is 12.7 Å². The summed E-state index contributed by atoms with van der Waals surface area (Å²) in [5.41, 5.74) is 4.53. The molecule has 0 fully saturated rings. The van der Waals surface area contributed by atoms with Crippen LogP contribution in [0.4, 0.5) is 8.78 Å². The van der Waals surface area contributed by atoms with Gasteiger partial charge in [-0.15, -0.1) is 0 Å². The minimum Gasteiger partial charge on any atom is -0.366 e. The number of hydrogen-bond donors (Lipinski definition) is 1. The normalized spacial score (nSPS) is 6.44. The molecule has 0 aromatic heterocycles. The first-order chi connectivity index (χ1) is 4.00. The highest BCUT2D eigenvalue weighted by Crippen LogP contribution is 1.85. The van der Waals surface area contributed by atoms with Gasteiger partial charge in [-0.1, -0.05) is 6.58 Å². The van der Waals surface area contributed by atoms with Crippen molar-refractivity contribution in [2.24, 2.45) is 5.73 Å². The minimum absolute atomic E-state index is 0.481. The first kappa shape index (κ1) is 10.7. The predicted molar refractivity (Wildman–Crippen MR) is 30.7 cm³/mol. The molecular weight excluding hydrogens is 128 g/mol. The Bertz CT molecular complexity index is 118. The number of primary amides is 1. The van der Waals surface area contributed by atoms with Crippen LogP contribution in [0.5, 0.6) is 0 Å². The molecule has 2 N–H and O–H groups in total. The van der Waals surface area contributed by atoms with E-state index in [4.69, 9.17) is 0 Å². The molecule has 0 aliphatic heterocycles. The van der Waals surface area contributed by atoms with E-state index in [0.717, 1.165) is 6.08 Å². The molecule has 1 amide bonds. The molecule has 0 unspecified atom stereocenters. The Kier molecular flexibility index (Phi) is 8.12. The van der Waals surface area contributed by atoms with Crippen LogP contribution >= 0.6 is 0 Å². The average molecular weight is 135 g/mol. The van der Waals surface area contributed by atoms with Crippen LogP contribution in [0.25, 0.3) is 0 Å². The lowest BCUT2D eigenvalue weighted by Crippen LogP contribution is -2.04. The van der Waals surface area contributed by atoms with Gasteiger partial charge in [-0.25, -0.2) is 0 Å². The zero-order chi connectivity index (χ0) is 7.86. The molecule has 0 bridgehead atoms. The summed E-state index contributed by atoms with van der Waals surface area (Å²) in [6.07, 6.45) is -0.778. The largest absolute Gasteiger partial charge is 0.366 e. The van der Waals surface area contributed by atoms with Gasteiger partial charge in [0, 0.05) is 0 Å². The number of halogens is 2. The lowest BCUT2D eigenvalue weighted by molar-refractivity contribution is -0.113. The molecule has 4 heteroatoms. The van der Waals surface area contributed by atoms with Crippen molar-refractivity contribution < 1.29 is 13.6 Å². The van der Waals surface area contributed by atoms with Crippen molar-refractivity contribution in [3.63, 3.8) is 0 Å². The second-order valence-electron chi connectivity index (χ2n) is 0.945. The van der Waals surface area contributed by atoms with Gasteiger partial charge in [-0.2, -0.15) is 8.78 Å². The summed E-state index contributed by atoms with van der Waals surface area (Å²) >= 11 is 0. The van der Waals surface area contributed by atoms with E-state index < -0.39 is 12.0 Å². The van der Waals surface area contributed by atoms with Gasteiger partial charge in [0.15, 0.2) is 0 Å². The highest BCUT2D eigenvalue weighted by Gasteiger charge is 1.69. The molecule has 0 spiro atoms. The first-order valence-electron chi connectivity index (χ1n) is 1.92. The summed E-state index contributed by atoms with van der Waals surface area (Å²) < 4.78 is 20.3. The van der Waals surface area contributed by atoms with Crippen molar-refractivity contribution >= 4 is 5.91 Å². The molecule has 0 rings (SSSR count). The standard InChI is InChI=1S/C3H5NO.C2H2F2/c1-2-3(4)5;1-2(3)4/h2H,1H2,(H2,4,5);1H2. The Hall–Kier alpha value is -1.19. The summed E-state index contributed by atoms with van der Waals surface area (Å²) in [5, 5.41) is 0. The van der Waals surface area contributed by atoms with Crippen molar-refractivity contribution in [3.8, 4) is 0 Å². The highest BCUT2D eigenvalue weighted by molar-refractivity contribution is 5.84. The third-order valence-electron chi connectivity index (χ3n) is 0.201. The molecule has 0 radical (unpaired) electrons. The Labute approximate surface area is 51.7 Å². The molecule has 0 aromatic carbocycles. The van der Waals surface area contributed by atoms with Crippen LogP contribution in [0.2, 0.25) is 0 Å². The molecule has 9 heavy (non-hydrogen) atoms. The van der Waals surface area contributed by atoms with Gasteiger partial charge in [0.25, 0.3) is 6.08 Å². The second-order valence-corrected chi connectivity index (χ2v) is 0.945. The van der Waals surface area contributed by atoms with Crippen LogP contribution in [-0.4, -0.2) is 5.91 Å². The van der Waals surface area contributed by atoms with E-state index in [9.17, 15) is 13.6 Å². The van der Waals surface area contributed by atoms with Crippen molar-refractivity contribution in [1.29, 1.82) is 0 Å². The van der Waals surface area contributed by atoms with Crippen LogP contribution in [0.15, 0.2) is 25.3 Å². The topological polar surface area (TPSA) is 43.1 Å². The number of amides is 1. The summed E-state index contributed by atoms with van der Waals surface area (Å²) in [5.74, 6) is -0.481. The number of hydrogen-bond acceptors (Lipinski definition) is 1. The van der Waals surface area contributed by atoms with Gasteiger partial charge in [0.1, 0.15) is 0 Å². The lowest BCUT2D eigenvalue weighted by atomic mass is 10.6. The van der Waals surface area contributed by atoms with Gasteiger partial charge in [0.2, 0.25) is 5.91 Å². The van der Waals surface area contributed by atoms with Gasteiger partial charge in [0.05, 0.1) is 0 Å². The van der Waals surface area contributed by atoms with E-state index in [-0.39, 0.29) is 0 Å². The summed E-state index contributed by atoms with van der Waals surface area (Å²) in [4.78, 5) is 9.47. The maximum atomic E-state index is 10.1. The van der Waals surface area contributed by atoms with Crippen LogP contribution in [0, 0.1) is 0 Å². The average Bonchev–Trinajstić information content (AvgIpc) is 1.65.